The first-order chi connectivity index (χ1) is 13.0. The quantitative estimate of drug-likeness (QED) is 0.735. The predicted molar refractivity (Wildman–Crippen MR) is 105 cm³/mol. The van der Waals surface area contributed by atoms with Gasteiger partial charge in [-0.25, -0.2) is 0 Å². The average Bonchev–Trinajstić information content (AvgIpc) is 3.09. The Kier molecular flexibility index (Phi) is 6.15. The molecule has 1 aromatic carbocycles. The minimum Gasteiger partial charge on any atom is -0.339 e. The lowest BCUT2D eigenvalue weighted by atomic mass is 10.1. The van der Waals surface area contributed by atoms with Gasteiger partial charge in [-0.15, -0.1) is 10.2 Å². The third-order valence-electron chi connectivity index (χ3n) is 4.82. The van der Waals surface area contributed by atoms with E-state index >= 15 is 0 Å². The van der Waals surface area contributed by atoms with E-state index in [0.29, 0.717) is 31.9 Å². The number of carbonyl (C=O) groups is 2. The monoisotopic (exact) mass is 387 g/mol. The third-order valence-corrected chi connectivity index (χ3v) is 5.77. The minimum absolute atomic E-state index is 0.0660. The summed E-state index contributed by atoms with van der Waals surface area (Å²) in [5.41, 5.74) is 2.21. The lowest BCUT2D eigenvalue weighted by molar-refractivity contribution is -0.136. The zero-order valence-corrected chi connectivity index (χ0v) is 16.8. The molecule has 3 rings (SSSR count). The maximum absolute atomic E-state index is 12.5. The van der Waals surface area contributed by atoms with E-state index in [4.69, 9.17) is 0 Å². The van der Waals surface area contributed by atoms with Gasteiger partial charge in [-0.05, 0) is 19.4 Å². The summed E-state index contributed by atoms with van der Waals surface area (Å²) in [6, 6.07) is 8.10. The van der Waals surface area contributed by atoms with Crippen molar-refractivity contribution in [3.63, 3.8) is 0 Å². The van der Waals surface area contributed by atoms with Crippen LogP contribution in [-0.4, -0.2) is 68.3 Å². The third kappa shape index (κ3) is 4.32. The van der Waals surface area contributed by atoms with Gasteiger partial charge in [0.2, 0.25) is 11.8 Å². The van der Waals surface area contributed by atoms with Crippen LogP contribution in [0.2, 0.25) is 0 Å². The zero-order chi connectivity index (χ0) is 19.4. The Morgan fingerprint density at radius 1 is 1.07 bits per heavy atom. The molecule has 144 valence electrons. The van der Waals surface area contributed by atoms with Gasteiger partial charge >= 0.3 is 0 Å². The number of amides is 2. The van der Waals surface area contributed by atoms with Crippen molar-refractivity contribution in [1.29, 1.82) is 0 Å². The summed E-state index contributed by atoms with van der Waals surface area (Å²) in [7, 11) is 0. The van der Waals surface area contributed by atoms with Crippen LogP contribution in [0.5, 0.6) is 0 Å². The fourth-order valence-electron chi connectivity index (χ4n) is 3.19. The molecule has 2 amide bonds. The van der Waals surface area contributed by atoms with Crippen LogP contribution in [0.1, 0.15) is 19.4 Å². The lowest BCUT2D eigenvalue weighted by Gasteiger charge is -2.34. The molecule has 1 aliphatic heterocycles. The summed E-state index contributed by atoms with van der Waals surface area (Å²) in [5, 5.41) is 9.43. The number of piperazine rings is 1. The van der Waals surface area contributed by atoms with E-state index in [1.807, 2.05) is 27.7 Å². The highest BCUT2D eigenvalue weighted by atomic mass is 32.2. The molecule has 1 saturated heterocycles. The van der Waals surface area contributed by atoms with E-state index in [0.717, 1.165) is 28.7 Å². The fraction of sp³-hybridized carbons (Fsp3) is 0.474. The summed E-state index contributed by atoms with van der Waals surface area (Å²) in [6.07, 6.45) is 0. The van der Waals surface area contributed by atoms with E-state index in [9.17, 15) is 9.59 Å². The second kappa shape index (κ2) is 8.56. The Balaban J connectivity index is 1.64. The van der Waals surface area contributed by atoms with Crippen molar-refractivity contribution in [1.82, 2.24) is 24.6 Å². The summed E-state index contributed by atoms with van der Waals surface area (Å²) < 4.78 is 2.05. The number of rotatable bonds is 5. The molecule has 8 heteroatoms. The minimum atomic E-state index is 0.0660. The Morgan fingerprint density at radius 3 is 2.37 bits per heavy atom. The molecule has 7 nitrogen and oxygen atoms in total. The number of hydrogen-bond donors (Lipinski definition) is 0. The summed E-state index contributed by atoms with van der Waals surface area (Å²) in [6.45, 7) is 8.81. The molecule has 2 aromatic rings. The average molecular weight is 388 g/mol. The second-order valence-corrected chi connectivity index (χ2v) is 7.48. The van der Waals surface area contributed by atoms with Gasteiger partial charge < -0.3 is 14.4 Å². The molecule has 27 heavy (non-hydrogen) atoms. The van der Waals surface area contributed by atoms with Gasteiger partial charge in [0.15, 0.2) is 11.0 Å². The van der Waals surface area contributed by atoms with E-state index in [2.05, 4.69) is 30.1 Å². The van der Waals surface area contributed by atoms with Crippen LogP contribution >= 0.6 is 11.8 Å². The molecule has 0 unspecified atom stereocenters. The molecular weight excluding hydrogens is 362 g/mol. The molecule has 0 atom stereocenters. The van der Waals surface area contributed by atoms with E-state index in [1.165, 1.54) is 11.8 Å². The normalized spacial score (nSPS) is 14.5. The molecule has 1 fully saturated rings. The molecule has 0 bridgehead atoms. The van der Waals surface area contributed by atoms with E-state index in [-0.39, 0.29) is 11.8 Å². The highest BCUT2D eigenvalue weighted by Gasteiger charge is 2.23. The van der Waals surface area contributed by atoms with Crippen LogP contribution in [0.25, 0.3) is 11.4 Å². The number of hydrogen-bond acceptors (Lipinski definition) is 5. The molecule has 0 aliphatic carbocycles. The van der Waals surface area contributed by atoms with Crippen molar-refractivity contribution >= 4 is 23.6 Å². The van der Waals surface area contributed by atoms with Crippen LogP contribution in [-0.2, 0) is 16.1 Å². The van der Waals surface area contributed by atoms with Gasteiger partial charge in [0.05, 0.1) is 5.75 Å². The number of carbonyl (C=O) groups excluding carboxylic acids is 2. The summed E-state index contributed by atoms with van der Waals surface area (Å²) in [5.74, 6) is 1.30. The number of aromatic nitrogens is 3. The summed E-state index contributed by atoms with van der Waals surface area (Å²) >= 11 is 1.42. The Morgan fingerprint density at radius 2 is 1.74 bits per heavy atom. The van der Waals surface area contributed by atoms with Crippen molar-refractivity contribution < 1.29 is 9.59 Å². The van der Waals surface area contributed by atoms with Crippen LogP contribution in [0, 0.1) is 6.92 Å². The number of nitrogens with zero attached hydrogens (tertiary/aromatic N) is 5. The van der Waals surface area contributed by atoms with Gasteiger partial charge in [0.1, 0.15) is 0 Å². The Labute approximate surface area is 163 Å². The smallest absolute Gasteiger partial charge is 0.233 e. The van der Waals surface area contributed by atoms with E-state index in [1.54, 1.807) is 11.8 Å². The highest BCUT2D eigenvalue weighted by Crippen LogP contribution is 2.26. The fourth-order valence-corrected chi connectivity index (χ4v) is 4.10. The maximum atomic E-state index is 12.5. The van der Waals surface area contributed by atoms with Gasteiger partial charge in [0, 0.05) is 45.2 Å². The molecule has 1 aromatic heterocycles. The number of thioether (sulfide) groups is 1. The molecule has 2 heterocycles. The van der Waals surface area contributed by atoms with Crippen molar-refractivity contribution in [2.24, 2.45) is 0 Å². The second-order valence-electron chi connectivity index (χ2n) is 6.54. The number of aryl methyl sites for hydroxylation is 1. The van der Waals surface area contributed by atoms with Gasteiger partial charge in [-0.3, -0.25) is 9.59 Å². The van der Waals surface area contributed by atoms with Crippen LogP contribution in [0.3, 0.4) is 0 Å². The van der Waals surface area contributed by atoms with Crippen molar-refractivity contribution in [2.45, 2.75) is 32.5 Å². The Hall–Kier alpha value is -2.35. The van der Waals surface area contributed by atoms with Gasteiger partial charge in [-0.2, -0.15) is 0 Å². The topological polar surface area (TPSA) is 71.3 Å². The first kappa shape index (κ1) is 19.4. The molecular formula is C19H25N5O2S. The van der Waals surface area contributed by atoms with Crippen molar-refractivity contribution in [3.05, 3.63) is 29.8 Å². The molecule has 0 radical (unpaired) electrons. The highest BCUT2D eigenvalue weighted by molar-refractivity contribution is 7.99. The molecule has 0 spiro atoms. The van der Waals surface area contributed by atoms with Crippen LogP contribution in [0.4, 0.5) is 0 Å². The lowest BCUT2D eigenvalue weighted by Crippen LogP contribution is -2.50. The molecule has 1 aliphatic rings. The molecule has 0 N–H and O–H groups in total. The summed E-state index contributed by atoms with van der Waals surface area (Å²) in [4.78, 5) is 27.5. The standard InChI is InChI=1S/C19H25N5O2S/c1-4-24-18(16-8-6-5-7-14(16)2)20-21-19(24)27-13-17(26)23-11-9-22(10-12-23)15(3)25/h5-8H,4,9-13H2,1-3H3. The largest absolute Gasteiger partial charge is 0.339 e. The van der Waals surface area contributed by atoms with Gasteiger partial charge in [0.25, 0.3) is 0 Å². The number of benzene rings is 1. The van der Waals surface area contributed by atoms with Crippen molar-refractivity contribution in [2.75, 3.05) is 31.9 Å². The maximum Gasteiger partial charge on any atom is 0.233 e. The zero-order valence-electron chi connectivity index (χ0n) is 16.0. The first-order valence-corrected chi connectivity index (χ1v) is 10.1. The first-order valence-electron chi connectivity index (χ1n) is 9.16. The van der Waals surface area contributed by atoms with Gasteiger partial charge in [-0.1, -0.05) is 36.0 Å². The van der Waals surface area contributed by atoms with Crippen LogP contribution < -0.4 is 0 Å². The Bertz CT molecular complexity index is 827. The predicted octanol–water partition coefficient (Wildman–Crippen LogP) is 2.06. The molecule has 0 saturated carbocycles. The van der Waals surface area contributed by atoms with Crippen LogP contribution in [0.15, 0.2) is 29.4 Å². The SMILES string of the molecule is CCn1c(SCC(=O)N2CCN(C(C)=O)CC2)nnc1-c1ccccc1C. The van der Waals surface area contributed by atoms with Crippen molar-refractivity contribution in [3.8, 4) is 11.4 Å². The van der Waals surface area contributed by atoms with E-state index < -0.39 is 0 Å².